The number of rotatable bonds is 3. The van der Waals surface area contributed by atoms with E-state index in [0.717, 1.165) is 59.4 Å². The Morgan fingerprint density at radius 3 is 2.77 bits per heavy atom. The highest BCUT2D eigenvalue weighted by atomic mass is 16.1. The highest BCUT2D eigenvalue weighted by Crippen LogP contribution is 2.29. The molecule has 0 atom stereocenters. The molecule has 1 saturated heterocycles. The average molecular weight is 411 g/mol. The van der Waals surface area contributed by atoms with Gasteiger partial charge in [0.2, 0.25) is 0 Å². The summed E-state index contributed by atoms with van der Waals surface area (Å²) in [6.45, 7) is 3.93. The third-order valence-corrected chi connectivity index (χ3v) is 5.88. The van der Waals surface area contributed by atoms with Crippen LogP contribution in [-0.4, -0.2) is 51.1 Å². The van der Waals surface area contributed by atoms with Crippen molar-refractivity contribution in [3.63, 3.8) is 0 Å². The summed E-state index contributed by atoms with van der Waals surface area (Å²) in [5.74, 6) is 0.565. The lowest BCUT2D eigenvalue weighted by molar-refractivity contribution is 0.589. The van der Waals surface area contributed by atoms with Crippen molar-refractivity contribution in [2.45, 2.75) is 0 Å². The second-order valence-corrected chi connectivity index (χ2v) is 7.75. The van der Waals surface area contributed by atoms with Crippen LogP contribution in [0.4, 0.5) is 5.69 Å². The largest absolute Gasteiger partial charge is 0.369 e. The number of anilines is 1. The monoisotopic (exact) mass is 411 g/mol. The van der Waals surface area contributed by atoms with Gasteiger partial charge in [-0.15, -0.1) is 0 Å². The summed E-state index contributed by atoms with van der Waals surface area (Å²) in [6, 6.07) is 12.0. The van der Waals surface area contributed by atoms with Gasteiger partial charge < -0.3 is 25.2 Å². The second-order valence-electron chi connectivity index (χ2n) is 7.75. The number of fused-ring (bicyclic) bond motifs is 2. The minimum atomic E-state index is -0.176. The Morgan fingerprint density at radius 1 is 0.968 bits per heavy atom. The summed E-state index contributed by atoms with van der Waals surface area (Å²) in [5.41, 5.74) is 5.99. The molecule has 4 aromatic heterocycles. The molecule has 6 rings (SSSR count). The summed E-state index contributed by atoms with van der Waals surface area (Å²) >= 11 is 0. The van der Waals surface area contributed by atoms with Crippen LogP contribution >= 0.6 is 0 Å². The molecule has 8 nitrogen and oxygen atoms in total. The number of pyridine rings is 2. The Hall–Kier alpha value is -3.91. The Labute approximate surface area is 177 Å². The van der Waals surface area contributed by atoms with E-state index in [-0.39, 0.29) is 5.56 Å². The fourth-order valence-corrected chi connectivity index (χ4v) is 4.27. The van der Waals surface area contributed by atoms with E-state index in [4.69, 9.17) is 4.98 Å². The highest BCUT2D eigenvalue weighted by Gasteiger charge is 2.15. The van der Waals surface area contributed by atoms with Crippen LogP contribution in [0.2, 0.25) is 0 Å². The Kier molecular flexibility index (Phi) is 4.10. The lowest BCUT2D eigenvalue weighted by Gasteiger charge is -2.29. The van der Waals surface area contributed by atoms with E-state index < -0.39 is 0 Å². The zero-order valence-electron chi connectivity index (χ0n) is 16.8. The van der Waals surface area contributed by atoms with E-state index in [1.54, 1.807) is 12.4 Å². The lowest BCUT2D eigenvalue weighted by atomic mass is 10.0. The molecule has 31 heavy (non-hydrogen) atoms. The predicted molar refractivity (Wildman–Crippen MR) is 122 cm³/mol. The van der Waals surface area contributed by atoms with E-state index in [9.17, 15) is 4.79 Å². The minimum absolute atomic E-state index is 0.176. The van der Waals surface area contributed by atoms with Gasteiger partial charge in [-0.3, -0.25) is 4.79 Å². The van der Waals surface area contributed by atoms with Crippen LogP contribution in [0.1, 0.15) is 0 Å². The predicted octanol–water partition coefficient (Wildman–Crippen LogP) is 2.87. The number of benzene rings is 1. The molecule has 0 radical (unpaired) electrons. The maximum Gasteiger partial charge on any atom is 0.259 e. The number of H-pyrrole nitrogens is 3. The molecular formula is C23H21N7O. The third-order valence-electron chi connectivity index (χ3n) is 5.88. The van der Waals surface area contributed by atoms with Gasteiger partial charge in [0.05, 0.1) is 16.6 Å². The molecule has 0 amide bonds. The van der Waals surface area contributed by atoms with Gasteiger partial charge in [0.1, 0.15) is 11.5 Å². The maximum atomic E-state index is 12.7. The first-order valence-electron chi connectivity index (χ1n) is 10.4. The van der Waals surface area contributed by atoms with Gasteiger partial charge in [-0.25, -0.2) is 9.97 Å². The first-order valence-corrected chi connectivity index (χ1v) is 10.4. The van der Waals surface area contributed by atoms with Crippen molar-refractivity contribution in [1.29, 1.82) is 0 Å². The molecule has 0 aliphatic carbocycles. The van der Waals surface area contributed by atoms with Crippen molar-refractivity contribution in [3.05, 3.63) is 65.3 Å². The van der Waals surface area contributed by atoms with E-state index in [2.05, 4.69) is 42.3 Å². The zero-order chi connectivity index (χ0) is 20.8. The van der Waals surface area contributed by atoms with Crippen LogP contribution in [0, 0.1) is 0 Å². The summed E-state index contributed by atoms with van der Waals surface area (Å²) in [7, 11) is 0. The molecular weight excluding hydrogens is 390 g/mol. The van der Waals surface area contributed by atoms with Crippen molar-refractivity contribution in [2.75, 3.05) is 31.1 Å². The zero-order valence-corrected chi connectivity index (χ0v) is 16.8. The molecule has 8 heteroatoms. The van der Waals surface area contributed by atoms with Crippen LogP contribution in [0.25, 0.3) is 44.6 Å². The fourth-order valence-electron chi connectivity index (χ4n) is 4.27. The van der Waals surface area contributed by atoms with Crippen molar-refractivity contribution < 1.29 is 0 Å². The number of hydrogen-bond acceptors (Lipinski definition) is 5. The molecule has 4 N–H and O–H groups in total. The van der Waals surface area contributed by atoms with Crippen LogP contribution in [0.15, 0.2) is 59.8 Å². The number of aromatic amines is 3. The first kappa shape index (κ1) is 17.9. The molecule has 154 valence electrons. The first-order chi connectivity index (χ1) is 15.3. The second kappa shape index (κ2) is 7.10. The Balaban J connectivity index is 1.43. The van der Waals surface area contributed by atoms with Gasteiger partial charge in [-0.05, 0) is 47.5 Å². The van der Waals surface area contributed by atoms with Crippen molar-refractivity contribution >= 4 is 27.8 Å². The molecule has 0 bridgehead atoms. The van der Waals surface area contributed by atoms with Gasteiger partial charge in [-0.2, -0.15) is 0 Å². The molecule has 1 aliphatic rings. The Bertz CT molecular complexity index is 1460. The molecule has 0 spiro atoms. The molecule has 5 aromatic rings. The van der Waals surface area contributed by atoms with Crippen LogP contribution in [0.5, 0.6) is 0 Å². The fraction of sp³-hybridized carbons (Fsp3) is 0.174. The quantitative estimate of drug-likeness (QED) is 0.365. The van der Waals surface area contributed by atoms with Gasteiger partial charge >= 0.3 is 0 Å². The lowest BCUT2D eigenvalue weighted by Crippen LogP contribution is -2.43. The average Bonchev–Trinajstić information content (AvgIpc) is 3.46. The van der Waals surface area contributed by atoms with Gasteiger partial charge in [0, 0.05) is 55.8 Å². The summed E-state index contributed by atoms with van der Waals surface area (Å²) in [4.78, 5) is 33.4. The minimum Gasteiger partial charge on any atom is -0.369 e. The molecule has 1 aliphatic heterocycles. The topological polar surface area (TPSA) is 105 Å². The molecule has 0 unspecified atom stereocenters. The molecule has 1 aromatic carbocycles. The van der Waals surface area contributed by atoms with Crippen LogP contribution in [-0.2, 0) is 0 Å². The van der Waals surface area contributed by atoms with Crippen molar-refractivity contribution in [1.82, 2.24) is 30.2 Å². The third kappa shape index (κ3) is 3.08. The summed E-state index contributed by atoms with van der Waals surface area (Å²) in [5, 5.41) is 4.38. The smallest absolute Gasteiger partial charge is 0.259 e. The highest BCUT2D eigenvalue weighted by molar-refractivity contribution is 5.93. The van der Waals surface area contributed by atoms with E-state index in [0.29, 0.717) is 11.4 Å². The normalized spacial score (nSPS) is 14.5. The maximum absolute atomic E-state index is 12.7. The van der Waals surface area contributed by atoms with Gasteiger partial charge in [0.25, 0.3) is 5.56 Å². The Morgan fingerprint density at radius 2 is 1.87 bits per heavy atom. The number of hydrogen-bond donors (Lipinski definition) is 4. The van der Waals surface area contributed by atoms with E-state index >= 15 is 0 Å². The number of nitrogens with zero attached hydrogens (tertiary/aromatic N) is 3. The molecule has 0 saturated carbocycles. The van der Waals surface area contributed by atoms with Gasteiger partial charge in [-0.1, -0.05) is 0 Å². The summed E-state index contributed by atoms with van der Waals surface area (Å²) < 4.78 is 0. The SMILES string of the molecule is O=c1[nH]cc(-c2ccnc3[nH]ccc23)cc1-c1nc2ccc(N3CCNCC3)cc2[nH]1. The number of nitrogens with one attached hydrogen (secondary N) is 4. The van der Waals surface area contributed by atoms with E-state index in [1.165, 1.54) is 5.69 Å². The van der Waals surface area contributed by atoms with Crippen LogP contribution < -0.4 is 15.8 Å². The van der Waals surface area contributed by atoms with E-state index in [1.807, 2.05) is 30.5 Å². The number of aromatic nitrogens is 5. The van der Waals surface area contributed by atoms with Crippen molar-refractivity contribution in [3.8, 4) is 22.5 Å². The molecule has 1 fully saturated rings. The van der Waals surface area contributed by atoms with Crippen molar-refractivity contribution in [2.24, 2.45) is 0 Å². The molecule has 5 heterocycles. The number of imidazole rings is 1. The van der Waals surface area contributed by atoms with Crippen LogP contribution in [0.3, 0.4) is 0 Å². The standard InChI is InChI=1S/C23H21N7O/c31-23-18(11-14(13-27-23)16-3-5-25-21-17(16)4-6-26-21)22-28-19-2-1-15(12-20(19)29-22)30-9-7-24-8-10-30/h1-6,11-13,24H,7-10H2,(H,25,26)(H,27,31)(H,28,29). The number of piperazine rings is 1. The van der Waals surface area contributed by atoms with Gasteiger partial charge in [0.15, 0.2) is 0 Å². The summed E-state index contributed by atoms with van der Waals surface area (Å²) in [6.07, 6.45) is 5.36.